The fourth-order valence-electron chi connectivity index (χ4n) is 12.4. The Morgan fingerprint density at radius 3 is 1.52 bits per heavy atom. The molecule has 0 fully saturated rings. The minimum Gasteiger partial charge on any atom is -0.509 e. The third kappa shape index (κ3) is 9.61. The molecule has 84 heavy (non-hydrogen) atoms. The zero-order valence-corrected chi connectivity index (χ0v) is 51.5. The van der Waals surface area contributed by atoms with Crippen LogP contribution in [0.3, 0.4) is 0 Å². The van der Waals surface area contributed by atoms with Gasteiger partial charge in [0.25, 0.3) is 0 Å². The average molecular weight is 1280 g/mol. The first-order valence-electron chi connectivity index (χ1n) is 28.7. The van der Waals surface area contributed by atoms with Crippen molar-refractivity contribution in [3.63, 3.8) is 0 Å². The SMILES string of the molecule is CC(C)(C)c1ccnc(-n2c3[c-]c(Oc4[c-]c5c(cc4)[Si](C)(C)C(C)(C)C4=CN(c6c(-c7cc(-c8ccccc8)cc(-c8ccccc8)c7)cccc6-c6cc(-c7ccccc7)cc(-c7ccccc7)c6)[CH-]N45)ccc3c3ccccc32)c1.[Pt]. The van der Waals surface area contributed by atoms with Crippen LogP contribution in [0.2, 0.25) is 18.1 Å². The maximum atomic E-state index is 6.94. The molecule has 414 valence electrons. The molecule has 2 aromatic heterocycles. The second-order valence-electron chi connectivity index (χ2n) is 24.2. The molecule has 0 amide bonds. The molecule has 2 aliphatic rings. The molecule has 12 aromatic rings. The number of anilines is 2. The molecule has 0 atom stereocenters. The van der Waals surface area contributed by atoms with Gasteiger partial charge in [0.2, 0.25) is 0 Å². The second kappa shape index (κ2) is 21.4. The Morgan fingerprint density at radius 1 is 0.500 bits per heavy atom. The van der Waals surface area contributed by atoms with Crippen LogP contribution in [0.5, 0.6) is 11.5 Å². The maximum Gasteiger partial charge on any atom is 0.135 e. The van der Waals surface area contributed by atoms with E-state index in [2.05, 4.69) is 318 Å². The molecule has 0 N–H and O–H groups in total. The molecule has 10 aromatic carbocycles. The van der Waals surface area contributed by atoms with Gasteiger partial charge in [0, 0.05) is 74.9 Å². The minimum atomic E-state index is -2.28. The van der Waals surface area contributed by atoms with Gasteiger partial charge in [-0.05, 0) is 138 Å². The molecule has 0 bridgehead atoms. The zero-order valence-electron chi connectivity index (χ0n) is 48.3. The average Bonchev–Trinajstić information content (AvgIpc) is 1.67. The number of para-hydroxylation sites is 2. The van der Waals surface area contributed by atoms with Crippen LogP contribution in [-0.4, -0.2) is 17.6 Å². The number of pyridine rings is 1. The molecule has 7 heteroatoms. The van der Waals surface area contributed by atoms with Gasteiger partial charge in [-0.3, -0.25) is 0 Å². The standard InChI is InChI=1S/C77H63N4OSi.Pt/c1-76(2,3)62-39-40-78-74(47-62)81-69-34-21-20-31-67(69)68-37-35-63(48-70(68)81)82-64-36-38-72-71(49-64)80-51-79(50-73(80)77(4,5)83(72,6)7)75-65(60-43-56(52-23-12-8-13-24-52)41-57(44-60)53-25-14-9-15-26-53)32-22-33-66(75)61-45-58(54-27-16-10-17-28-54)42-59(46-61)55-29-18-11-19-30-55;/h8-47,50-51H,1-7H3;/q-3;. The van der Waals surface area contributed by atoms with E-state index in [1.54, 1.807) is 0 Å². The van der Waals surface area contributed by atoms with Crippen molar-refractivity contribution in [2.45, 2.75) is 58.2 Å². The van der Waals surface area contributed by atoms with Crippen LogP contribution in [0.25, 0.3) is 94.4 Å². The van der Waals surface area contributed by atoms with E-state index in [4.69, 9.17) is 9.72 Å². The van der Waals surface area contributed by atoms with E-state index >= 15 is 0 Å². The summed E-state index contributed by atoms with van der Waals surface area (Å²) in [6.45, 7) is 18.9. The predicted octanol–water partition coefficient (Wildman–Crippen LogP) is 19.9. The van der Waals surface area contributed by atoms with Crippen LogP contribution in [-0.2, 0) is 26.5 Å². The number of hydrogen-bond donors (Lipinski definition) is 0. The van der Waals surface area contributed by atoms with Gasteiger partial charge >= 0.3 is 0 Å². The molecule has 0 unspecified atom stereocenters. The first kappa shape index (κ1) is 54.4. The normalized spacial score (nSPS) is 14.2. The van der Waals surface area contributed by atoms with Crippen molar-refractivity contribution < 1.29 is 25.8 Å². The summed E-state index contributed by atoms with van der Waals surface area (Å²) in [5, 5.41) is 3.37. The van der Waals surface area contributed by atoms with E-state index in [-0.39, 0.29) is 31.5 Å². The number of benzene rings is 10. The van der Waals surface area contributed by atoms with Gasteiger partial charge in [0.15, 0.2) is 0 Å². The third-order valence-electron chi connectivity index (χ3n) is 17.6. The smallest absolute Gasteiger partial charge is 0.135 e. The van der Waals surface area contributed by atoms with Gasteiger partial charge in [-0.25, -0.2) is 4.98 Å². The summed E-state index contributed by atoms with van der Waals surface area (Å²) in [6, 6.07) is 93.1. The summed E-state index contributed by atoms with van der Waals surface area (Å²) in [5.74, 6) is 2.09. The summed E-state index contributed by atoms with van der Waals surface area (Å²) in [6.07, 6.45) is 4.32. The van der Waals surface area contributed by atoms with Gasteiger partial charge in [-0.2, -0.15) is 12.1 Å². The monoisotopic (exact) mass is 1280 g/mol. The molecule has 14 rings (SSSR count). The predicted molar refractivity (Wildman–Crippen MR) is 349 cm³/mol. The van der Waals surface area contributed by atoms with Crippen molar-refractivity contribution >= 4 is 46.4 Å². The van der Waals surface area contributed by atoms with E-state index in [0.717, 1.165) is 83.5 Å². The summed E-state index contributed by atoms with van der Waals surface area (Å²) >= 11 is 0. The zero-order chi connectivity index (χ0) is 56.6. The van der Waals surface area contributed by atoms with E-state index in [9.17, 15) is 0 Å². The molecule has 2 aliphatic heterocycles. The number of nitrogens with zero attached hydrogens (tertiary/aromatic N) is 4. The van der Waals surface area contributed by atoms with Gasteiger partial charge in [0.1, 0.15) is 5.82 Å². The Bertz CT molecular complexity index is 4230. The van der Waals surface area contributed by atoms with Crippen LogP contribution in [0.1, 0.15) is 40.2 Å². The number of ether oxygens (including phenoxy) is 1. The van der Waals surface area contributed by atoms with Crippen molar-refractivity contribution in [2.24, 2.45) is 0 Å². The number of aromatic nitrogens is 2. The number of hydrogen-bond acceptors (Lipinski definition) is 4. The van der Waals surface area contributed by atoms with Crippen LogP contribution < -0.4 is 19.7 Å². The van der Waals surface area contributed by atoms with Crippen molar-refractivity contribution in [1.82, 2.24) is 9.55 Å². The molecule has 0 spiro atoms. The minimum absolute atomic E-state index is 0. The number of allylic oxidation sites excluding steroid dienone is 1. The van der Waals surface area contributed by atoms with E-state index in [1.165, 1.54) is 38.7 Å². The molecular weight excluding hydrogens is 1220 g/mol. The van der Waals surface area contributed by atoms with Crippen molar-refractivity contribution in [3.8, 4) is 84.1 Å². The fraction of sp³-hybridized carbons (Fsp3) is 0.117. The molecule has 0 saturated heterocycles. The third-order valence-corrected chi connectivity index (χ3v) is 22.7. The van der Waals surface area contributed by atoms with Gasteiger partial charge < -0.3 is 19.1 Å². The summed E-state index contributed by atoms with van der Waals surface area (Å²) in [7, 11) is -2.28. The van der Waals surface area contributed by atoms with E-state index in [1.807, 2.05) is 12.3 Å². The first-order chi connectivity index (χ1) is 40.3. The number of fused-ring (bicyclic) bond motifs is 6. The van der Waals surface area contributed by atoms with E-state index < -0.39 is 8.07 Å². The largest absolute Gasteiger partial charge is 0.509 e. The Hall–Kier alpha value is -8.80. The quantitative estimate of drug-likeness (QED) is 0.101. The summed E-state index contributed by atoms with van der Waals surface area (Å²) in [4.78, 5) is 9.73. The molecule has 0 radical (unpaired) electrons. The Balaban J connectivity index is 0.00000658. The second-order valence-corrected chi connectivity index (χ2v) is 29.2. The Labute approximate surface area is 509 Å². The Morgan fingerprint density at radius 2 is 0.988 bits per heavy atom. The van der Waals surface area contributed by atoms with E-state index in [0.29, 0.717) is 11.5 Å². The van der Waals surface area contributed by atoms with Gasteiger partial charge in [0.05, 0.1) is 0 Å². The van der Waals surface area contributed by atoms with Crippen LogP contribution in [0, 0.1) is 18.8 Å². The van der Waals surface area contributed by atoms with Crippen molar-refractivity contribution in [1.29, 1.82) is 0 Å². The molecule has 5 nitrogen and oxygen atoms in total. The topological polar surface area (TPSA) is 33.5 Å². The van der Waals surface area contributed by atoms with Crippen LogP contribution >= 0.6 is 0 Å². The maximum absolute atomic E-state index is 6.94. The first-order valence-corrected chi connectivity index (χ1v) is 31.7. The summed E-state index contributed by atoms with van der Waals surface area (Å²) < 4.78 is 9.16. The van der Waals surface area contributed by atoms with Crippen molar-refractivity contribution in [2.75, 3.05) is 9.80 Å². The van der Waals surface area contributed by atoms with Crippen molar-refractivity contribution in [3.05, 3.63) is 279 Å². The van der Waals surface area contributed by atoms with Gasteiger partial charge in [-0.15, -0.1) is 41.5 Å². The fourth-order valence-corrected chi connectivity index (χ4v) is 15.2. The molecule has 0 saturated carbocycles. The molecule has 0 aliphatic carbocycles. The van der Waals surface area contributed by atoms with Gasteiger partial charge in [-0.1, -0.05) is 217 Å². The van der Waals surface area contributed by atoms with Crippen LogP contribution in [0.15, 0.2) is 255 Å². The Kier molecular flexibility index (Phi) is 13.9. The number of rotatable bonds is 10. The molecular formula is C77H63N4OPtSi-3. The van der Waals surface area contributed by atoms with Crippen LogP contribution in [0.4, 0.5) is 11.4 Å². The summed E-state index contributed by atoms with van der Waals surface area (Å²) in [5.41, 5.74) is 20.3. The molecule has 4 heterocycles.